The molecule has 0 radical (unpaired) electrons. The van der Waals surface area contributed by atoms with Crippen LogP contribution in [-0.4, -0.2) is 6.19 Å². The van der Waals surface area contributed by atoms with Gasteiger partial charge in [-0.3, -0.25) is 0 Å². The fourth-order valence-electron chi connectivity index (χ4n) is 3.74. The first-order valence-electron chi connectivity index (χ1n) is 8.11. The Hall–Kier alpha value is 0.471. The molecular weight excluding hydrogens is 363 g/mol. The summed E-state index contributed by atoms with van der Waals surface area (Å²) in [6, 6.07) is 0. The van der Waals surface area contributed by atoms with Crippen LogP contribution >= 0.6 is 0 Å². The summed E-state index contributed by atoms with van der Waals surface area (Å²) in [7, 11) is 0. The van der Waals surface area contributed by atoms with Gasteiger partial charge < -0.3 is 24.8 Å². The minimum atomic E-state index is -1.18. The summed E-state index contributed by atoms with van der Waals surface area (Å²) in [5.41, 5.74) is 5.29. The maximum atomic E-state index is 2.56. The molecule has 0 aromatic rings. The van der Waals surface area contributed by atoms with Gasteiger partial charge in [0.1, 0.15) is 0 Å². The minimum Gasteiger partial charge on any atom is -1.00 e. The quantitative estimate of drug-likeness (QED) is 0.574. The predicted molar refractivity (Wildman–Crippen MR) is 88.9 cm³/mol. The van der Waals surface area contributed by atoms with Crippen molar-refractivity contribution in [2.45, 2.75) is 66.0 Å². The first kappa shape index (κ1) is 22.5. The van der Waals surface area contributed by atoms with E-state index in [4.69, 9.17) is 0 Å². The van der Waals surface area contributed by atoms with Crippen LogP contribution in [0.4, 0.5) is 0 Å². The molecule has 0 unspecified atom stereocenters. The van der Waals surface area contributed by atoms with E-state index in [2.05, 4.69) is 52.1 Å². The van der Waals surface area contributed by atoms with E-state index in [1.165, 1.54) is 32.1 Å². The van der Waals surface area contributed by atoms with E-state index in [1.54, 1.807) is 16.7 Å². The molecule has 0 spiro atoms. The van der Waals surface area contributed by atoms with Crippen LogP contribution in [-0.2, 0) is 16.6 Å². The Morgan fingerprint density at radius 3 is 2.05 bits per heavy atom. The van der Waals surface area contributed by atoms with Crippen molar-refractivity contribution >= 4 is 6.19 Å². The van der Waals surface area contributed by atoms with E-state index >= 15 is 0 Å². The van der Waals surface area contributed by atoms with Crippen molar-refractivity contribution in [1.29, 1.82) is 0 Å². The molecule has 2 rings (SSSR count). The molecule has 0 amide bonds. The summed E-state index contributed by atoms with van der Waals surface area (Å²) in [6.45, 7) is 12.2. The van der Waals surface area contributed by atoms with Crippen LogP contribution in [0.3, 0.4) is 0 Å². The fraction of sp³-hybridized carbons (Fsp3) is 0.556. The van der Waals surface area contributed by atoms with Gasteiger partial charge in [-0.2, -0.15) is 0 Å². The maximum absolute atomic E-state index is 2.56. The van der Waals surface area contributed by atoms with Gasteiger partial charge in [-0.1, -0.05) is 0 Å². The van der Waals surface area contributed by atoms with Gasteiger partial charge in [-0.15, -0.1) is 0 Å². The molecule has 0 N–H and O–H groups in total. The molecule has 0 aromatic heterocycles. The molecule has 0 heterocycles. The average Bonchev–Trinajstić information content (AvgIpc) is 3.05. The van der Waals surface area contributed by atoms with E-state index in [0.717, 1.165) is 0 Å². The van der Waals surface area contributed by atoms with E-state index in [1.807, 2.05) is 7.76 Å². The van der Waals surface area contributed by atoms with Crippen LogP contribution in [0.25, 0.3) is 0 Å². The fourth-order valence-corrected chi connectivity index (χ4v) is 15.7. The van der Waals surface area contributed by atoms with Crippen molar-refractivity contribution in [3.63, 3.8) is 0 Å². The van der Waals surface area contributed by atoms with Crippen LogP contribution in [0, 0.1) is 0 Å². The number of halogens is 2. The molecule has 0 fully saturated rings. The predicted octanol–water partition coefficient (Wildman–Crippen LogP) is -0.108. The van der Waals surface area contributed by atoms with Gasteiger partial charge in [-0.25, -0.2) is 0 Å². The number of allylic oxidation sites excluding steroid dienone is 8. The molecule has 22 heavy (non-hydrogen) atoms. The Morgan fingerprint density at radius 2 is 1.64 bits per heavy atom. The molecular formula is C18H28Cl2SiTi. The monoisotopic (exact) mass is 390 g/mol. The third-order valence-corrected chi connectivity index (χ3v) is 16.1. The van der Waals surface area contributed by atoms with Crippen molar-refractivity contribution in [3.05, 3.63) is 42.7 Å². The zero-order chi connectivity index (χ0) is 14.7. The Balaban J connectivity index is 0.00000220. The first-order chi connectivity index (χ1) is 9.63. The summed E-state index contributed by atoms with van der Waals surface area (Å²) in [5.74, 6) is 0. The summed E-state index contributed by atoms with van der Waals surface area (Å²) >= 11 is -1.18. The second-order valence-electron chi connectivity index (χ2n) is 5.98. The van der Waals surface area contributed by atoms with Crippen LogP contribution in [0.15, 0.2) is 42.7 Å². The standard InChI is InChI=1S/C11H17.C5H5.C2H6Si.2ClH.Ti/c1-4-9-7-8-10(5-2)11(9)6-3;1-2-4-5-3-1;1-3-2;;;/h4-7H2,1-3H3;1-3H,4H2;1-2H3;2*1H;/q;;;;;+2/p-2. The van der Waals surface area contributed by atoms with E-state index in [0.29, 0.717) is 0 Å². The van der Waals surface area contributed by atoms with Crippen LogP contribution in [0.1, 0.15) is 52.9 Å². The van der Waals surface area contributed by atoms with Gasteiger partial charge in [-0.05, 0) is 0 Å². The molecule has 0 saturated heterocycles. The van der Waals surface area contributed by atoms with Crippen molar-refractivity contribution < 1.29 is 41.4 Å². The van der Waals surface area contributed by atoms with Crippen molar-refractivity contribution in [3.8, 4) is 0 Å². The normalized spacial score (nSPS) is 16.1. The Kier molecular flexibility index (Phi) is 10.6. The number of rotatable bonds is 5. The largest absolute Gasteiger partial charge is 1.00 e. The zero-order valence-electron chi connectivity index (χ0n) is 14.5. The molecule has 2 aliphatic rings. The molecule has 4 heteroatoms. The van der Waals surface area contributed by atoms with Crippen molar-refractivity contribution in [2.75, 3.05) is 0 Å². The summed E-state index contributed by atoms with van der Waals surface area (Å²) in [6.07, 6.45) is 13.3. The molecule has 0 bridgehead atoms. The van der Waals surface area contributed by atoms with Crippen molar-refractivity contribution in [1.82, 2.24) is 0 Å². The SMILES string of the molecule is CCC1=C(CC)C(CC)=[C]([Ti+2]([C]2=CC=CC2)=[Si](C)C)C1.[Cl-].[Cl-]. The van der Waals surface area contributed by atoms with Gasteiger partial charge in [0, 0.05) is 0 Å². The Labute approximate surface area is 155 Å². The van der Waals surface area contributed by atoms with Crippen LogP contribution < -0.4 is 24.8 Å². The average molecular weight is 391 g/mol. The third kappa shape index (κ3) is 4.51. The molecule has 0 nitrogen and oxygen atoms in total. The molecule has 0 atom stereocenters. The van der Waals surface area contributed by atoms with E-state index in [-0.39, 0.29) is 31.0 Å². The van der Waals surface area contributed by atoms with Gasteiger partial charge in [0.2, 0.25) is 0 Å². The molecule has 0 aliphatic heterocycles. The van der Waals surface area contributed by atoms with Crippen LogP contribution in [0.5, 0.6) is 0 Å². The Morgan fingerprint density at radius 1 is 1.00 bits per heavy atom. The van der Waals surface area contributed by atoms with Gasteiger partial charge in [0.25, 0.3) is 0 Å². The molecule has 0 saturated carbocycles. The first-order valence-corrected chi connectivity index (χ1v) is 14.5. The van der Waals surface area contributed by atoms with Gasteiger partial charge in [0.15, 0.2) is 0 Å². The van der Waals surface area contributed by atoms with Crippen LogP contribution in [0.2, 0.25) is 13.1 Å². The maximum Gasteiger partial charge on any atom is -1.00 e. The second kappa shape index (κ2) is 10.4. The van der Waals surface area contributed by atoms with Gasteiger partial charge in [0.05, 0.1) is 0 Å². The molecule has 0 aromatic carbocycles. The van der Waals surface area contributed by atoms with E-state index in [9.17, 15) is 0 Å². The molecule has 122 valence electrons. The Bertz CT molecular complexity index is 562. The minimum absolute atomic E-state index is 0. The summed E-state index contributed by atoms with van der Waals surface area (Å²) < 4.78 is 3.80. The van der Waals surface area contributed by atoms with Crippen molar-refractivity contribution in [2.24, 2.45) is 0 Å². The zero-order valence-corrected chi connectivity index (χ0v) is 18.6. The summed E-state index contributed by atoms with van der Waals surface area (Å²) in [4.78, 5) is 0. The van der Waals surface area contributed by atoms with E-state index < -0.39 is 16.6 Å². The summed E-state index contributed by atoms with van der Waals surface area (Å²) in [5, 5.41) is 0. The number of hydrogen-bond donors (Lipinski definition) is 0. The molecule has 2 aliphatic carbocycles. The van der Waals surface area contributed by atoms with Gasteiger partial charge >= 0.3 is 131 Å². The second-order valence-corrected chi connectivity index (χ2v) is 17.8. The topological polar surface area (TPSA) is 0 Å². The third-order valence-electron chi connectivity index (χ3n) is 4.57. The number of hydrogen-bond acceptors (Lipinski definition) is 0. The smallest absolute Gasteiger partial charge is 1.00 e.